The van der Waals surface area contributed by atoms with Crippen molar-refractivity contribution < 1.29 is 6.16 Å². The monoisotopic (exact) mass is 446 g/mol. The van der Waals surface area contributed by atoms with E-state index in [1.807, 2.05) is 31.3 Å². The highest BCUT2D eigenvalue weighted by Gasteiger charge is 2.17. The summed E-state index contributed by atoms with van der Waals surface area (Å²) in [6.45, 7) is 8.62. The molecule has 1 aliphatic rings. The Morgan fingerprint density at radius 2 is 2.15 bits per heavy atom. The van der Waals surface area contributed by atoms with Crippen molar-refractivity contribution in [2.24, 2.45) is 10.9 Å². The molecule has 1 atom stereocenters. The molecule has 176 valence electrons. The minimum Gasteiger partial charge on any atom is -0.383 e. The van der Waals surface area contributed by atoms with Crippen LogP contribution in [0, 0.1) is 5.92 Å². The van der Waals surface area contributed by atoms with E-state index < -0.39 is 0 Å². The van der Waals surface area contributed by atoms with Gasteiger partial charge in [-0.25, -0.2) is 4.98 Å². The molecule has 1 N–H and O–H groups in total. The van der Waals surface area contributed by atoms with Crippen LogP contribution >= 0.6 is 0 Å². The van der Waals surface area contributed by atoms with Crippen LogP contribution in [0.15, 0.2) is 66.3 Å². The molecule has 1 unspecified atom stereocenters. The normalized spacial score (nSPS) is 16.9. The number of allylic oxidation sites excluding steroid dienone is 4. The Morgan fingerprint density at radius 1 is 1.30 bits per heavy atom. The van der Waals surface area contributed by atoms with E-state index >= 15 is 0 Å². The van der Waals surface area contributed by atoms with Gasteiger partial charge < -0.3 is 15.0 Å². The third-order valence-electron chi connectivity index (χ3n) is 5.59. The molecule has 0 radical (unpaired) electrons. The molecule has 0 saturated carbocycles. The van der Waals surface area contributed by atoms with Gasteiger partial charge in [-0.1, -0.05) is 43.9 Å². The Balaban J connectivity index is 0.00000408. The van der Waals surface area contributed by atoms with Gasteiger partial charge in [-0.2, -0.15) is 0 Å². The van der Waals surface area contributed by atoms with Gasteiger partial charge in [0, 0.05) is 65.2 Å². The highest BCUT2D eigenvalue weighted by molar-refractivity contribution is 6.11. The number of benzene rings is 1. The van der Waals surface area contributed by atoms with Gasteiger partial charge in [0.05, 0.1) is 12.3 Å². The van der Waals surface area contributed by atoms with Crippen LogP contribution in [0.25, 0.3) is 22.4 Å². The van der Waals surface area contributed by atoms with Crippen molar-refractivity contribution in [1.82, 2.24) is 9.88 Å². The SMILES string of the molecule is C=C/C(=C\N(C)C)c1cccc(-c2ccc(/C(C=NC)=C/CC)c(NCC3CCOC3)n2)c1.[HH]. The summed E-state index contributed by atoms with van der Waals surface area (Å²) in [6, 6.07) is 12.7. The Bertz CT molecular complexity index is 1040. The second kappa shape index (κ2) is 12.2. The lowest BCUT2D eigenvalue weighted by atomic mass is 10.0. The molecule has 0 bridgehead atoms. The minimum atomic E-state index is 0. The van der Waals surface area contributed by atoms with E-state index in [1.54, 1.807) is 7.05 Å². The lowest BCUT2D eigenvalue weighted by molar-refractivity contribution is 0.187. The second-order valence-electron chi connectivity index (χ2n) is 8.49. The van der Waals surface area contributed by atoms with Crippen LogP contribution in [0.3, 0.4) is 0 Å². The summed E-state index contributed by atoms with van der Waals surface area (Å²) in [5.41, 5.74) is 6.35. The quantitative estimate of drug-likeness (QED) is 0.358. The van der Waals surface area contributed by atoms with Gasteiger partial charge >= 0.3 is 0 Å². The summed E-state index contributed by atoms with van der Waals surface area (Å²) in [7, 11) is 5.84. The molecule has 1 aliphatic heterocycles. The zero-order chi connectivity index (χ0) is 23.6. The highest BCUT2D eigenvalue weighted by atomic mass is 16.5. The molecule has 1 aromatic carbocycles. The number of aromatic nitrogens is 1. The molecular weight excluding hydrogens is 408 g/mol. The first-order valence-electron chi connectivity index (χ1n) is 11.6. The highest BCUT2D eigenvalue weighted by Crippen LogP contribution is 2.29. The predicted molar refractivity (Wildman–Crippen MR) is 144 cm³/mol. The van der Waals surface area contributed by atoms with E-state index in [2.05, 4.69) is 72.5 Å². The summed E-state index contributed by atoms with van der Waals surface area (Å²) in [6.07, 6.45) is 10.1. The Hall–Kier alpha value is -3.18. The maximum Gasteiger partial charge on any atom is 0.134 e. The molecule has 3 rings (SSSR count). The molecule has 0 aliphatic carbocycles. The first-order valence-corrected chi connectivity index (χ1v) is 11.6. The fraction of sp³-hybridized carbons (Fsp3) is 0.357. The zero-order valence-electron chi connectivity index (χ0n) is 20.3. The topological polar surface area (TPSA) is 49.8 Å². The average molecular weight is 447 g/mol. The van der Waals surface area contributed by atoms with Crippen molar-refractivity contribution in [2.45, 2.75) is 19.8 Å². The van der Waals surface area contributed by atoms with Crippen LogP contribution in [0.2, 0.25) is 0 Å². The van der Waals surface area contributed by atoms with Crippen molar-refractivity contribution >= 4 is 23.2 Å². The fourth-order valence-electron chi connectivity index (χ4n) is 3.95. The summed E-state index contributed by atoms with van der Waals surface area (Å²) in [5, 5.41) is 3.61. The van der Waals surface area contributed by atoms with Crippen molar-refractivity contribution in [1.29, 1.82) is 0 Å². The minimum absolute atomic E-state index is 0. The van der Waals surface area contributed by atoms with Gasteiger partial charge in [-0.15, -0.1) is 0 Å². The van der Waals surface area contributed by atoms with Crippen molar-refractivity contribution in [3.8, 4) is 11.3 Å². The molecule has 2 aromatic rings. The summed E-state index contributed by atoms with van der Waals surface area (Å²) >= 11 is 0. The molecule has 2 heterocycles. The lowest BCUT2D eigenvalue weighted by Crippen LogP contribution is -2.16. The summed E-state index contributed by atoms with van der Waals surface area (Å²) in [4.78, 5) is 11.4. The predicted octanol–water partition coefficient (Wildman–Crippen LogP) is 6.03. The number of hydrogen-bond donors (Lipinski definition) is 1. The number of aliphatic imine (C=N–C) groups is 1. The van der Waals surface area contributed by atoms with Crippen molar-refractivity contribution in [3.63, 3.8) is 0 Å². The third-order valence-corrected chi connectivity index (χ3v) is 5.59. The number of anilines is 1. The number of hydrogen-bond acceptors (Lipinski definition) is 5. The summed E-state index contributed by atoms with van der Waals surface area (Å²) in [5.74, 6) is 1.40. The molecule has 33 heavy (non-hydrogen) atoms. The molecule has 1 saturated heterocycles. The number of nitrogens with one attached hydrogen (secondary N) is 1. The smallest absolute Gasteiger partial charge is 0.134 e. The Morgan fingerprint density at radius 3 is 2.82 bits per heavy atom. The van der Waals surface area contributed by atoms with E-state index in [4.69, 9.17) is 9.72 Å². The molecular formula is C28H38N4O. The van der Waals surface area contributed by atoms with Crippen LogP contribution in [0.4, 0.5) is 5.82 Å². The van der Waals surface area contributed by atoms with Gasteiger partial charge in [0.1, 0.15) is 5.82 Å². The molecule has 0 amide bonds. The zero-order valence-corrected chi connectivity index (χ0v) is 20.3. The molecule has 5 nitrogen and oxygen atoms in total. The first kappa shape index (κ1) is 24.5. The molecule has 1 aromatic heterocycles. The lowest BCUT2D eigenvalue weighted by Gasteiger charge is -2.16. The van der Waals surface area contributed by atoms with Crippen molar-refractivity contribution in [2.75, 3.05) is 46.2 Å². The Labute approximate surface area is 200 Å². The van der Waals surface area contributed by atoms with Crippen LogP contribution in [-0.2, 0) is 4.74 Å². The fourth-order valence-corrected chi connectivity index (χ4v) is 3.95. The van der Waals surface area contributed by atoms with Gasteiger partial charge in [-0.3, -0.25) is 4.99 Å². The van der Waals surface area contributed by atoms with Crippen LogP contribution in [0.5, 0.6) is 0 Å². The summed E-state index contributed by atoms with van der Waals surface area (Å²) < 4.78 is 5.56. The first-order chi connectivity index (χ1) is 16.0. The third kappa shape index (κ3) is 6.65. The molecule has 0 spiro atoms. The van der Waals surface area contributed by atoms with E-state index in [0.717, 1.165) is 71.9 Å². The van der Waals surface area contributed by atoms with E-state index in [9.17, 15) is 0 Å². The van der Waals surface area contributed by atoms with Crippen LogP contribution in [0.1, 0.15) is 32.3 Å². The Kier molecular flexibility index (Phi) is 9.02. The number of rotatable bonds is 10. The number of ether oxygens (including phenoxy) is 1. The van der Waals surface area contributed by atoms with E-state index in [-0.39, 0.29) is 1.43 Å². The van der Waals surface area contributed by atoms with Crippen LogP contribution in [-0.4, -0.2) is 57.0 Å². The van der Waals surface area contributed by atoms with Gasteiger partial charge in [-0.05, 0) is 47.8 Å². The van der Waals surface area contributed by atoms with Gasteiger partial charge in [0.25, 0.3) is 0 Å². The largest absolute Gasteiger partial charge is 0.383 e. The maximum absolute atomic E-state index is 5.56. The maximum atomic E-state index is 5.56. The van der Waals surface area contributed by atoms with Crippen molar-refractivity contribution in [3.05, 3.63) is 72.5 Å². The van der Waals surface area contributed by atoms with Crippen LogP contribution < -0.4 is 5.32 Å². The molecule has 5 heteroatoms. The number of pyridine rings is 1. The standard InChI is InChI=1S/C28H36N4O.H2/c1-6-9-25(18-29-3)26-12-13-27(31-28(26)30-17-21-14-15-33-20-21)24-11-8-10-23(16-24)22(7-2)19-32(4)5;/h7-13,16,18-19,21H,2,6,14-15,17,20H2,1,3-5H3,(H,30,31);1H/b22-19+,25-9+,29-18?;. The van der Waals surface area contributed by atoms with E-state index in [1.165, 1.54) is 0 Å². The molecule has 1 fully saturated rings. The average Bonchev–Trinajstić information content (AvgIpc) is 3.34. The number of nitrogens with zero attached hydrogens (tertiary/aromatic N) is 3. The van der Waals surface area contributed by atoms with E-state index in [0.29, 0.717) is 5.92 Å². The van der Waals surface area contributed by atoms with Gasteiger partial charge in [0.15, 0.2) is 0 Å². The van der Waals surface area contributed by atoms with Gasteiger partial charge in [0.2, 0.25) is 0 Å². The second-order valence-corrected chi connectivity index (χ2v) is 8.49.